The molecule has 1 aromatic heterocycles. The number of ether oxygens (including phenoxy) is 1. The zero-order chi connectivity index (χ0) is 18.8. The van der Waals surface area contributed by atoms with E-state index in [4.69, 9.17) is 4.74 Å². The highest BCUT2D eigenvalue weighted by Crippen LogP contribution is 2.28. The highest BCUT2D eigenvalue weighted by atomic mass is 19.3. The fourth-order valence-corrected chi connectivity index (χ4v) is 2.73. The quantitative estimate of drug-likeness (QED) is 0.633. The van der Waals surface area contributed by atoms with Crippen molar-refractivity contribution in [3.05, 3.63) is 59.9 Å². The SMILES string of the molecule is CC(OC(=O)c1ccc(N(C)C)cc1)c1nc2ccccc2n1C(F)F. The number of esters is 1. The number of hydrogen-bond donors (Lipinski definition) is 0. The van der Waals surface area contributed by atoms with E-state index in [9.17, 15) is 13.6 Å². The molecule has 0 fully saturated rings. The Morgan fingerprint density at radius 3 is 2.38 bits per heavy atom. The number of aromatic nitrogens is 2. The Bertz CT molecular complexity index is 920. The first-order valence-corrected chi connectivity index (χ1v) is 8.12. The number of imidazole rings is 1. The molecule has 0 saturated heterocycles. The molecule has 0 N–H and O–H groups in total. The number of benzene rings is 2. The number of nitrogens with zero attached hydrogens (tertiary/aromatic N) is 3. The van der Waals surface area contributed by atoms with E-state index in [-0.39, 0.29) is 5.82 Å². The predicted octanol–water partition coefficient (Wildman–Crippen LogP) is 4.42. The van der Waals surface area contributed by atoms with E-state index in [2.05, 4.69) is 4.98 Å². The maximum Gasteiger partial charge on any atom is 0.338 e. The van der Waals surface area contributed by atoms with Crippen LogP contribution in [0.5, 0.6) is 0 Å². The molecule has 0 saturated carbocycles. The molecule has 0 aliphatic carbocycles. The molecule has 1 unspecified atom stereocenters. The molecule has 1 heterocycles. The molecule has 0 aliphatic rings. The molecule has 0 spiro atoms. The van der Waals surface area contributed by atoms with Gasteiger partial charge in [-0.25, -0.2) is 9.78 Å². The number of rotatable bonds is 5. The van der Waals surface area contributed by atoms with Crippen LogP contribution in [0.2, 0.25) is 0 Å². The molecular formula is C19H19F2N3O2. The first-order valence-electron chi connectivity index (χ1n) is 8.12. The summed E-state index contributed by atoms with van der Waals surface area (Å²) in [6.07, 6.45) is -0.919. The minimum Gasteiger partial charge on any atom is -0.451 e. The fraction of sp³-hybridized carbons (Fsp3) is 0.263. The second kappa shape index (κ2) is 7.11. The smallest absolute Gasteiger partial charge is 0.338 e. The summed E-state index contributed by atoms with van der Waals surface area (Å²) in [7, 11) is 3.79. The number of halogens is 2. The molecule has 0 amide bonds. The molecule has 3 rings (SSSR count). The lowest BCUT2D eigenvalue weighted by Gasteiger charge is -2.16. The van der Waals surface area contributed by atoms with E-state index in [0.29, 0.717) is 16.6 Å². The minimum atomic E-state index is -2.78. The highest BCUT2D eigenvalue weighted by Gasteiger charge is 2.24. The van der Waals surface area contributed by atoms with Gasteiger partial charge in [-0.15, -0.1) is 0 Å². The molecule has 3 aromatic rings. The lowest BCUT2D eigenvalue weighted by molar-refractivity contribution is 0.0233. The second-order valence-corrected chi connectivity index (χ2v) is 6.10. The van der Waals surface area contributed by atoms with Gasteiger partial charge in [0.05, 0.1) is 16.6 Å². The number of alkyl halides is 2. The standard InChI is InChI=1S/C19H19F2N3O2/c1-12(26-18(25)13-8-10-14(11-9-13)23(2)3)17-22-15-6-4-5-7-16(15)24(17)19(20)21/h4-12,19H,1-3H3. The van der Waals surface area contributed by atoms with Crippen molar-refractivity contribution >= 4 is 22.7 Å². The summed E-state index contributed by atoms with van der Waals surface area (Å²) >= 11 is 0. The molecule has 136 valence electrons. The lowest BCUT2D eigenvalue weighted by atomic mass is 10.2. The Balaban J connectivity index is 1.85. The largest absolute Gasteiger partial charge is 0.451 e. The van der Waals surface area contributed by atoms with E-state index >= 15 is 0 Å². The average molecular weight is 359 g/mol. The van der Waals surface area contributed by atoms with Crippen molar-refractivity contribution in [2.45, 2.75) is 19.6 Å². The van der Waals surface area contributed by atoms with E-state index in [1.54, 1.807) is 48.5 Å². The summed E-state index contributed by atoms with van der Waals surface area (Å²) in [5.41, 5.74) is 2.02. The fourth-order valence-electron chi connectivity index (χ4n) is 2.73. The van der Waals surface area contributed by atoms with Crippen LogP contribution in [0.4, 0.5) is 14.5 Å². The molecule has 0 radical (unpaired) electrons. The third-order valence-electron chi connectivity index (χ3n) is 4.09. The number of para-hydroxylation sites is 2. The summed E-state index contributed by atoms with van der Waals surface area (Å²) < 4.78 is 33.2. The Labute approximate surface area is 149 Å². The van der Waals surface area contributed by atoms with Crippen molar-refractivity contribution in [2.24, 2.45) is 0 Å². The van der Waals surface area contributed by atoms with Crippen LogP contribution < -0.4 is 4.90 Å². The lowest BCUT2D eigenvalue weighted by Crippen LogP contribution is -2.15. The van der Waals surface area contributed by atoms with E-state index < -0.39 is 18.6 Å². The van der Waals surface area contributed by atoms with Crippen molar-refractivity contribution in [2.75, 3.05) is 19.0 Å². The number of anilines is 1. The number of fused-ring (bicyclic) bond motifs is 1. The summed E-state index contributed by atoms with van der Waals surface area (Å²) in [6.45, 7) is -1.25. The molecular weight excluding hydrogens is 340 g/mol. The summed E-state index contributed by atoms with van der Waals surface area (Å²) in [6, 6.07) is 13.4. The summed E-state index contributed by atoms with van der Waals surface area (Å²) in [5, 5.41) is 0. The van der Waals surface area contributed by atoms with Crippen LogP contribution in [0.1, 0.15) is 35.8 Å². The third kappa shape index (κ3) is 3.37. The molecule has 0 bridgehead atoms. The van der Waals surface area contributed by atoms with Gasteiger partial charge < -0.3 is 9.64 Å². The van der Waals surface area contributed by atoms with Gasteiger partial charge in [0, 0.05) is 19.8 Å². The zero-order valence-corrected chi connectivity index (χ0v) is 14.7. The molecule has 2 aromatic carbocycles. The minimum absolute atomic E-state index is 0.0134. The van der Waals surface area contributed by atoms with Crippen molar-refractivity contribution < 1.29 is 18.3 Å². The maximum absolute atomic E-state index is 13.5. The Morgan fingerprint density at radius 1 is 1.12 bits per heavy atom. The number of carbonyl (C=O) groups excluding carboxylic acids is 1. The van der Waals surface area contributed by atoms with E-state index in [0.717, 1.165) is 10.3 Å². The van der Waals surface area contributed by atoms with Crippen molar-refractivity contribution in [3.8, 4) is 0 Å². The van der Waals surface area contributed by atoms with Gasteiger partial charge in [-0.2, -0.15) is 8.78 Å². The molecule has 26 heavy (non-hydrogen) atoms. The highest BCUT2D eigenvalue weighted by molar-refractivity contribution is 5.90. The molecule has 1 atom stereocenters. The van der Waals surface area contributed by atoms with Crippen LogP contribution in [-0.2, 0) is 4.74 Å². The Kier molecular flexibility index (Phi) is 4.88. The van der Waals surface area contributed by atoms with Gasteiger partial charge in [0.2, 0.25) is 0 Å². The van der Waals surface area contributed by atoms with Crippen LogP contribution in [-0.4, -0.2) is 29.6 Å². The van der Waals surface area contributed by atoms with Gasteiger partial charge >= 0.3 is 12.5 Å². The summed E-state index contributed by atoms with van der Waals surface area (Å²) in [4.78, 5) is 18.5. The Morgan fingerprint density at radius 2 is 1.77 bits per heavy atom. The van der Waals surface area contributed by atoms with Gasteiger partial charge in [-0.3, -0.25) is 4.57 Å². The average Bonchev–Trinajstić information content (AvgIpc) is 3.01. The van der Waals surface area contributed by atoms with Crippen LogP contribution in [0.15, 0.2) is 48.5 Å². The summed E-state index contributed by atoms with van der Waals surface area (Å²) in [5.74, 6) is -0.574. The van der Waals surface area contributed by atoms with Crippen molar-refractivity contribution in [1.82, 2.24) is 9.55 Å². The van der Waals surface area contributed by atoms with Crippen LogP contribution in [0, 0.1) is 0 Å². The maximum atomic E-state index is 13.5. The first-order chi connectivity index (χ1) is 12.4. The van der Waals surface area contributed by atoms with Crippen molar-refractivity contribution in [1.29, 1.82) is 0 Å². The van der Waals surface area contributed by atoms with Gasteiger partial charge in [0.15, 0.2) is 11.9 Å². The van der Waals surface area contributed by atoms with Crippen LogP contribution in [0.3, 0.4) is 0 Å². The third-order valence-corrected chi connectivity index (χ3v) is 4.09. The predicted molar refractivity (Wildman–Crippen MR) is 95.6 cm³/mol. The van der Waals surface area contributed by atoms with Gasteiger partial charge in [0.25, 0.3) is 0 Å². The van der Waals surface area contributed by atoms with E-state index in [1.807, 2.05) is 19.0 Å². The zero-order valence-electron chi connectivity index (χ0n) is 14.7. The normalized spacial score (nSPS) is 12.4. The van der Waals surface area contributed by atoms with Crippen LogP contribution in [0.25, 0.3) is 11.0 Å². The topological polar surface area (TPSA) is 47.4 Å². The molecule has 5 nitrogen and oxygen atoms in total. The Hall–Kier alpha value is -2.96. The van der Waals surface area contributed by atoms with Crippen LogP contribution >= 0.6 is 0 Å². The molecule has 0 aliphatic heterocycles. The van der Waals surface area contributed by atoms with E-state index in [1.165, 1.54) is 6.92 Å². The number of hydrogen-bond acceptors (Lipinski definition) is 4. The van der Waals surface area contributed by atoms with Gasteiger partial charge in [-0.05, 0) is 43.3 Å². The van der Waals surface area contributed by atoms with Gasteiger partial charge in [-0.1, -0.05) is 12.1 Å². The van der Waals surface area contributed by atoms with Gasteiger partial charge in [0.1, 0.15) is 0 Å². The number of carbonyl (C=O) groups is 1. The van der Waals surface area contributed by atoms with Crippen molar-refractivity contribution in [3.63, 3.8) is 0 Å². The first kappa shape index (κ1) is 17.8. The monoisotopic (exact) mass is 359 g/mol. The second-order valence-electron chi connectivity index (χ2n) is 6.10. The molecule has 7 heteroatoms.